The zero-order valence-corrected chi connectivity index (χ0v) is 27.4. The maximum absolute atomic E-state index is 2.44. The first-order valence-corrected chi connectivity index (χ1v) is 17.5. The summed E-state index contributed by atoms with van der Waals surface area (Å²) in [6, 6.07) is 66.0. The van der Waals surface area contributed by atoms with Gasteiger partial charge in [0.15, 0.2) is 0 Å². The van der Waals surface area contributed by atoms with Crippen molar-refractivity contribution in [2.24, 2.45) is 0 Å². The molecule has 49 heavy (non-hydrogen) atoms. The Bertz CT molecular complexity index is 2810. The van der Waals surface area contributed by atoms with Crippen molar-refractivity contribution in [3.05, 3.63) is 182 Å². The van der Waals surface area contributed by atoms with Gasteiger partial charge < -0.3 is 9.47 Å². The van der Waals surface area contributed by atoms with Gasteiger partial charge in [0.2, 0.25) is 0 Å². The normalized spacial score (nSPS) is 11.7. The number of thiophene rings is 1. The third-order valence-electron chi connectivity index (χ3n) is 9.76. The van der Waals surface area contributed by atoms with E-state index in [-0.39, 0.29) is 0 Å². The maximum atomic E-state index is 2.44. The van der Waals surface area contributed by atoms with Crippen molar-refractivity contribution >= 4 is 81.1 Å². The fraction of sp³-hybridized carbons (Fsp3) is 0. The monoisotopic (exact) mass is 642 g/mol. The van der Waals surface area contributed by atoms with Crippen LogP contribution < -0.4 is 4.90 Å². The van der Waals surface area contributed by atoms with E-state index in [4.69, 9.17) is 0 Å². The lowest BCUT2D eigenvalue weighted by atomic mass is 10.0. The number of hydrogen-bond acceptors (Lipinski definition) is 2. The number of rotatable bonds is 5. The molecular weight excluding hydrogens is 613 g/mol. The smallest absolute Gasteiger partial charge is 0.0728 e. The third kappa shape index (κ3) is 4.47. The van der Waals surface area contributed by atoms with E-state index in [1.165, 1.54) is 75.3 Å². The summed E-state index contributed by atoms with van der Waals surface area (Å²) in [4.78, 5) is 2.44. The highest BCUT2D eigenvalue weighted by Crippen LogP contribution is 2.48. The van der Waals surface area contributed by atoms with E-state index in [1.54, 1.807) is 0 Å². The highest BCUT2D eigenvalue weighted by Gasteiger charge is 2.22. The van der Waals surface area contributed by atoms with Crippen LogP contribution in [0.3, 0.4) is 0 Å². The van der Waals surface area contributed by atoms with Crippen LogP contribution in [0.15, 0.2) is 182 Å². The second-order valence-electron chi connectivity index (χ2n) is 12.6. The number of nitrogens with zero attached hydrogens (tertiary/aromatic N) is 2. The lowest BCUT2D eigenvalue weighted by Gasteiger charge is -2.27. The molecule has 0 aliphatic rings. The molecule has 0 fully saturated rings. The van der Waals surface area contributed by atoms with Crippen molar-refractivity contribution in [1.82, 2.24) is 4.57 Å². The molecule has 0 spiro atoms. The molecule has 0 radical (unpaired) electrons. The average Bonchev–Trinajstić information content (AvgIpc) is 3.71. The van der Waals surface area contributed by atoms with Crippen molar-refractivity contribution in [3.8, 4) is 16.8 Å². The Hall–Kier alpha value is -6.16. The molecule has 0 bridgehead atoms. The van der Waals surface area contributed by atoms with Crippen LogP contribution in [0.25, 0.3) is 69.6 Å². The van der Waals surface area contributed by atoms with Gasteiger partial charge in [-0.3, -0.25) is 0 Å². The summed E-state index contributed by atoms with van der Waals surface area (Å²) in [6.07, 6.45) is 0. The van der Waals surface area contributed by atoms with Crippen molar-refractivity contribution < 1.29 is 0 Å². The predicted octanol–water partition coefficient (Wildman–Crippen LogP) is 13.4. The summed E-state index contributed by atoms with van der Waals surface area (Å²) in [7, 11) is 0. The first-order valence-electron chi connectivity index (χ1n) is 16.7. The van der Waals surface area contributed by atoms with E-state index in [0.717, 1.165) is 11.4 Å². The van der Waals surface area contributed by atoms with Crippen LogP contribution in [-0.4, -0.2) is 4.57 Å². The second-order valence-corrected chi connectivity index (χ2v) is 13.6. The van der Waals surface area contributed by atoms with Crippen LogP contribution in [0.4, 0.5) is 17.1 Å². The summed E-state index contributed by atoms with van der Waals surface area (Å²) in [5, 5.41) is 7.58. The van der Waals surface area contributed by atoms with Crippen molar-refractivity contribution in [1.29, 1.82) is 0 Å². The van der Waals surface area contributed by atoms with E-state index < -0.39 is 0 Å². The Morgan fingerprint density at radius 2 is 1.04 bits per heavy atom. The van der Waals surface area contributed by atoms with Gasteiger partial charge in [0.25, 0.3) is 0 Å². The lowest BCUT2D eigenvalue weighted by molar-refractivity contribution is 1.19. The standard InChI is InChI=1S/C46H30N2S/c1-3-12-31(13-4-1)32-24-26-36(27-25-32)47(37-28-29-39-34(30-37)23-22-33-14-7-8-17-38(33)39)43-21-11-19-41-44-46(49-45(41)43)40-18-9-10-20-42(40)48(44)35-15-5-2-6-16-35/h1-30H. The molecule has 0 saturated carbocycles. The van der Waals surface area contributed by atoms with Crippen LogP contribution in [0.2, 0.25) is 0 Å². The molecule has 8 aromatic carbocycles. The zero-order chi connectivity index (χ0) is 32.3. The summed E-state index contributed by atoms with van der Waals surface area (Å²) >= 11 is 1.89. The second kappa shape index (κ2) is 11.2. The molecule has 230 valence electrons. The van der Waals surface area contributed by atoms with Crippen LogP contribution in [-0.2, 0) is 0 Å². The number of para-hydroxylation sites is 2. The van der Waals surface area contributed by atoms with Crippen LogP contribution in [0.5, 0.6) is 0 Å². The molecule has 2 nitrogen and oxygen atoms in total. The minimum absolute atomic E-state index is 1.13. The van der Waals surface area contributed by atoms with Gasteiger partial charge in [-0.15, -0.1) is 11.3 Å². The molecule has 0 atom stereocenters. The first kappa shape index (κ1) is 27.9. The molecule has 2 heterocycles. The first-order chi connectivity index (χ1) is 24.3. The largest absolute Gasteiger partial charge is 0.309 e. The molecule has 0 amide bonds. The highest BCUT2D eigenvalue weighted by atomic mass is 32.1. The van der Waals surface area contributed by atoms with E-state index in [1.807, 2.05) is 11.3 Å². The summed E-state index contributed by atoms with van der Waals surface area (Å²) in [6.45, 7) is 0. The van der Waals surface area contributed by atoms with E-state index in [0.29, 0.717) is 0 Å². The van der Waals surface area contributed by atoms with Gasteiger partial charge in [0, 0.05) is 27.8 Å². The number of aromatic nitrogens is 1. The van der Waals surface area contributed by atoms with Crippen LogP contribution >= 0.6 is 11.3 Å². The van der Waals surface area contributed by atoms with Gasteiger partial charge in [-0.05, 0) is 81.2 Å². The molecular formula is C46H30N2S. The Morgan fingerprint density at radius 1 is 0.408 bits per heavy atom. The maximum Gasteiger partial charge on any atom is 0.0728 e. The van der Waals surface area contributed by atoms with Crippen molar-refractivity contribution in [2.75, 3.05) is 4.90 Å². The molecule has 0 aliphatic carbocycles. The van der Waals surface area contributed by atoms with Crippen molar-refractivity contribution in [3.63, 3.8) is 0 Å². The van der Waals surface area contributed by atoms with Gasteiger partial charge in [0.05, 0.1) is 26.1 Å². The Kier molecular flexibility index (Phi) is 6.39. The number of benzene rings is 8. The molecule has 0 aliphatic heterocycles. The number of hydrogen-bond donors (Lipinski definition) is 0. The van der Waals surface area contributed by atoms with Gasteiger partial charge >= 0.3 is 0 Å². The topological polar surface area (TPSA) is 8.17 Å². The average molecular weight is 643 g/mol. The molecule has 10 rings (SSSR count). The van der Waals surface area contributed by atoms with Crippen LogP contribution in [0.1, 0.15) is 0 Å². The van der Waals surface area contributed by atoms with Gasteiger partial charge in [-0.1, -0.05) is 133 Å². The molecule has 0 unspecified atom stereocenters. The Morgan fingerprint density at radius 3 is 1.88 bits per heavy atom. The minimum Gasteiger partial charge on any atom is -0.309 e. The quantitative estimate of drug-likeness (QED) is 0.170. The molecule has 0 saturated heterocycles. The van der Waals surface area contributed by atoms with E-state index in [9.17, 15) is 0 Å². The van der Waals surface area contributed by atoms with Gasteiger partial charge in [-0.25, -0.2) is 0 Å². The number of anilines is 3. The Balaban J connectivity index is 1.23. The third-order valence-corrected chi connectivity index (χ3v) is 11.0. The summed E-state index contributed by atoms with van der Waals surface area (Å²) in [5.41, 5.74) is 9.53. The van der Waals surface area contributed by atoms with Crippen molar-refractivity contribution in [2.45, 2.75) is 0 Å². The molecule has 0 N–H and O–H groups in total. The number of fused-ring (bicyclic) bond motifs is 8. The molecule has 2 aromatic heterocycles. The summed E-state index contributed by atoms with van der Waals surface area (Å²) in [5.74, 6) is 0. The fourth-order valence-electron chi connectivity index (χ4n) is 7.50. The predicted molar refractivity (Wildman–Crippen MR) is 211 cm³/mol. The van der Waals surface area contributed by atoms with Crippen LogP contribution in [0, 0.1) is 0 Å². The zero-order valence-electron chi connectivity index (χ0n) is 26.6. The Labute approximate surface area is 288 Å². The van der Waals surface area contributed by atoms with E-state index >= 15 is 0 Å². The van der Waals surface area contributed by atoms with Gasteiger partial charge in [-0.2, -0.15) is 0 Å². The lowest BCUT2D eigenvalue weighted by Crippen LogP contribution is -2.10. The van der Waals surface area contributed by atoms with E-state index in [2.05, 4.69) is 191 Å². The summed E-state index contributed by atoms with van der Waals surface area (Å²) < 4.78 is 5.02. The SMILES string of the molecule is c1ccc(-c2ccc(N(c3ccc4c(ccc5ccccc54)c3)c3cccc4c3sc3c5ccccc5n(-c5ccccc5)c43)cc2)cc1. The highest BCUT2D eigenvalue weighted by molar-refractivity contribution is 7.27. The molecule has 3 heteroatoms. The minimum atomic E-state index is 1.13. The molecule has 10 aromatic rings. The fourth-order valence-corrected chi connectivity index (χ4v) is 8.82. The van der Waals surface area contributed by atoms with Gasteiger partial charge in [0.1, 0.15) is 0 Å².